The lowest BCUT2D eigenvalue weighted by Crippen LogP contribution is -2.39. The van der Waals surface area contributed by atoms with Crippen molar-refractivity contribution >= 4 is 66.0 Å². The van der Waals surface area contributed by atoms with Crippen molar-refractivity contribution in [2.45, 2.75) is 103 Å². The Bertz CT molecular complexity index is 2810. The first-order chi connectivity index (χ1) is 33.9. The number of carbonyl (C=O) groups is 2. The smallest absolute Gasteiger partial charge is 0.257 e. The Morgan fingerprint density at radius 3 is 1.26 bits per heavy atom. The van der Waals surface area contributed by atoms with Gasteiger partial charge in [-0.15, -0.1) is 12.4 Å². The Kier molecular flexibility index (Phi) is 18.5. The first kappa shape index (κ1) is 57.1. The summed E-state index contributed by atoms with van der Waals surface area (Å²) in [5.74, 6) is 2.07. The highest BCUT2D eigenvalue weighted by Crippen LogP contribution is 2.31. The van der Waals surface area contributed by atoms with Gasteiger partial charge >= 0.3 is 0 Å². The molecule has 6 heterocycles. The Balaban J connectivity index is 0.000000235. The van der Waals surface area contributed by atoms with Crippen molar-refractivity contribution in [2.24, 2.45) is 22.7 Å². The minimum atomic E-state index is -3.47. The number of likely N-dealkylation sites (tertiary alicyclic amines) is 2. The number of rotatable bonds is 16. The van der Waals surface area contributed by atoms with Crippen molar-refractivity contribution in [3.63, 3.8) is 0 Å². The van der Waals surface area contributed by atoms with Crippen molar-refractivity contribution in [3.8, 4) is 0 Å². The average molecular weight is 1070 g/mol. The number of hydrogen-bond donors (Lipinski definition) is 2. The Morgan fingerprint density at radius 1 is 0.603 bits per heavy atom. The zero-order valence-electron chi connectivity index (χ0n) is 44.4. The Morgan fingerprint density at radius 2 is 0.959 bits per heavy atom. The molecule has 21 heteroatoms. The number of amides is 2. The van der Waals surface area contributed by atoms with E-state index in [2.05, 4.69) is 80.9 Å². The number of halogens is 1. The molecular formula is C52H77ClN12O6S2. The molecular weight excluding hydrogens is 988 g/mol. The molecule has 0 saturated carbocycles. The summed E-state index contributed by atoms with van der Waals surface area (Å²) in [6.45, 7) is 18.7. The number of fused-ring (bicyclic) bond motifs is 2. The fourth-order valence-corrected chi connectivity index (χ4v) is 13.0. The predicted molar refractivity (Wildman–Crippen MR) is 289 cm³/mol. The van der Waals surface area contributed by atoms with Gasteiger partial charge in [-0.05, 0) is 113 Å². The van der Waals surface area contributed by atoms with Crippen LogP contribution in [0.25, 0.3) is 22.1 Å². The topological polar surface area (TPSA) is 208 Å². The SMILES string of the molecule is CN(C)CCn1c(CC(C)(C)C)nc2cc(S(=O)(=O)CC3CCN(C(=O)c4cn[nH]c4)CC3)ccc21.CN(C)CCn1c(CC(C)(C)C)nc2cc(S(=O)(=O)CC3CCN(C(=O)c4cn[nH]c4)CC3)ccc21.Cl. The summed E-state index contributed by atoms with van der Waals surface area (Å²) >= 11 is 0. The lowest BCUT2D eigenvalue weighted by molar-refractivity contribution is 0.0690. The molecule has 0 unspecified atom stereocenters. The van der Waals surface area contributed by atoms with Gasteiger partial charge in [0.05, 0.1) is 66.9 Å². The van der Waals surface area contributed by atoms with E-state index in [1.54, 1.807) is 46.5 Å². The van der Waals surface area contributed by atoms with Crippen LogP contribution in [-0.4, -0.2) is 167 Å². The van der Waals surface area contributed by atoms with E-state index in [-0.39, 0.29) is 58.4 Å². The molecule has 73 heavy (non-hydrogen) atoms. The van der Waals surface area contributed by atoms with Crippen molar-refractivity contribution in [1.82, 2.24) is 59.1 Å². The Labute approximate surface area is 437 Å². The lowest BCUT2D eigenvalue weighted by atomic mass is 9.92. The van der Waals surface area contributed by atoms with Gasteiger partial charge in [0, 0.05) is 77.6 Å². The third-order valence-corrected chi connectivity index (χ3v) is 17.2. The maximum atomic E-state index is 13.3. The standard InChI is InChI=1S/2C26H38N6O3S.ClH/c2*1-26(2,3)15-24-29-22-14-21(6-7-23(22)32(24)13-12-30(4)5)36(34,35)18-19-8-10-31(11-9-19)25(33)20-16-27-28-17-20;/h2*6-7,14,16-17,19H,8-13,15,18H2,1-5H3,(H,27,28);1H. The summed E-state index contributed by atoms with van der Waals surface area (Å²) in [7, 11) is 1.24. The molecule has 2 aliphatic heterocycles. The first-order valence-electron chi connectivity index (χ1n) is 25.2. The number of benzene rings is 2. The van der Waals surface area contributed by atoms with Crippen LogP contribution in [-0.2, 0) is 45.6 Å². The van der Waals surface area contributed by atoms with Gasteiger partial charge in [0.15, 0.2) is 19.7 Å². The van der Waals surface area contributed by atoms with E-state index >= 15 is 0 Å². The predicted octanol–water partition coefficient (Wildman–Crippen LogP) is 6.89. The van der Waals surface area contributed by atoms with E-state index in [4.69, 9.17) is 9.97 Å². The van der Waals surface area contributed by atoms with Crippen LogP contribution in [0.15, 0.2) is 71.0 Å². The molecule has 0 spiro atoms. The summed E-state index contributed by atoms with van der Waals surface area (Å²) in [5, 5.41) is 13.0. The third kappa shape index (κ3) is 15.0. The molecule has 2 aliphatic rings. The highest BCUT2D eigenvalue weighted by Gasteiger charge is 2.31. The van der Waals surface area contributed by atoms with E-state index in [0.717, 1.165) is 72.7 Å². The van der Waals surface area contributed by atoms with Gasteiger partial charge in [-0.2, -0.15) is 10.2 Å². The summed E-state index contributed by atoms with van der Waals surface area (Å²) in [4.78, 5) is 43.3. The number of imidazole rings is 2. The molecule has 0 aliphatic carbocycles. The summed E-state index contributed by atoms with van der Waals surface area (Å²) in [5.41, 5.74) is 4.61. The highest BCUT2D eigenvalue weighted by molar-refractivity contribution is 7.91. The zero-order chi connectivity index (χ0) is 52.2. The molecule has 2 aromatic carbocycles. The fraction of sp³-hybridized carbons (Fsp3) is 0.577. The molecule has 0 radical (unpaired) electrons. The number of aromatic nitrogens is 8. The molecule has 2 N–H and O–H groups in total. The second-order valence-electron chi connectivity index (χ2n) is 22.7. The van der Waals surface area contributed by atoms with Crippen LogP contribution in [0.4, 0.5) is 0 Å². The molecule has 6 aromatic rings. The first-order valence-corrected chi connectivity index (χ1v) is 28.5. The molecule has 2 amide bonds. The number of nitrogens with one attached hydrogen (secondary N) is 2. The molecule has 2 saturated heterocycles. The number of nitrogens with zero attached hydrogens (tertiary/aromatic N) is 10. The molecule has 8 rings (SSSR count). The number of likely N-dealkylation sites (N-methyl/N-ethyl adjacent to an activating group) is 2. The van der Waals surface area contributed by atoms with Crippen LogP contribution >= 0.6 is 12.4 Å². The monoisotopic (exact) mass is 1060 g/mol. The van der Waals surface area contributed by atoms with E-state index in [1.165, 1.54) is 12.4 Å². The second kappa shape index (κ2) is 23.6. The quantitative estimate of drug-likeness (QED) is 0.102. The number of hydrogen-bond acceptors (Lipinski definition) is 12. The second-order valence-corrected chi connectivity index (χ2v) is 26.8. The van der Waals surface area contributed by atoms with Gasteiger partial charge in [-0.3, -0.25) is 19.8 Å². The van der Waals surface area contributed by atoms with Crippen molar-refractivity contribution in [3.05, 3.63) is 84.0 Å². The molecule has 2 fully saturated rings. The van der Waals surface area contributed by atoms with Gasteiger partial charge < -0.3 is 28.7 Å². The number of sulfone groups is 2. The minimum absolute atomic E-state index is 0. The van der Waals surface area contributed by atoms with Gasteiger partial charge in [0.2, 0.25) is 0 Å². The van der Waals surface area contributed by atoms with Crippen molar-refractivity contribution < 1.29 is 26.4 Å². The van der Waals surface area contributed by atoms with Crippen molar-refractivity contribution in [1.29, 1.82) is 0 Å². The molecule has 4 aromatic heterocycles. The molecule has 0 atom stereocenters. The largest absolute Gasteiger partial charge is 0.339 e. The van der Waals surface area contributed by atoms with Crippen LogP contribution in [0.1, 0.15) is 99.6 Å². The van der Waals surface area contributed by atoms with Crippen LogP contribution in [0.5, 0.6) is 0 Å². The number of H-pyrrole nitrogens is 2. The summed E-state index contributed by atoms with van der Waals surface area (Å²) in [6, 6.07) is 10.7. The highest BCUT2D eigenvalue weighted by atomic mass is 35.5. The summed E-state index contributed by atoms with van der Waals surface area (Å²) in [6.07, 6.45) is 10.5. The van der Waals surface area contributed by atoms with Crippen molar-refractivity contribution in [2.75, 3.05) is 79.0 Å². The Hall–Kier alpha value is -5.15. The van der Waals surface area contributed by atoms with Gasteiger partial charge in [-0.25, -0.2) is 26.8 Å². The van der Waals surface area contributed by atoms with Crippen LogP contribution in [0, 0.1) is 22.7 Å². The normalized spacial score (nSPS) is 15.6. The molecule has 400 valence electrons. The fourth-order valence-electron chi connectivity index (χ4n) is 9.54. The van der Waals surface area contributed by atoms with E-state index in [0.29, 0.717) is 72.8 Å². The van der Waals surface area contributed by atoms with Crippen LogP contribution < -0.4 is 0 Å². The zero-order valence-corrected chi connectivity index (χ0v) is 46.8. The number of aromatic amines is 2. The van der Waals surface area contributed by atoms with E-state index in [9.17, 15) is 26.4 Å². The summed E-state index contributed by atoms with van der Waals surface area (Å²) < 4.78 is 57.8. The van der Waals surface area contributed by atoms with E-state index in [1.807, 2.05) is 40.3 Å². The third-order valence-electron chi connectivity index (χ3n) is 13.4. The van der Waals surface area contributed by atoms with Crippen LogP contribution in [0.2, 0.25) is 0 Å². The molecule has 0 bridgehead atoms. The number of piperidine rings is 2. The lowest BCUT2D eigenvalue weighted by Gasteiger charge is -2.31. The average Bonchev–Trinajstić information content (AvgIpc) is 4.14. The maximum absolute atomic E-state index is 13.3. The van der Waals surface area contributed by atoms with Gasteiger partial charge in [0.1, 0.15) is 11.6 Å². The maximum Gasteiger partial charge on any atom is 0.257 e. The van der Waals surface area contributed by atoms with Gasteiger partial charge in [0.25, 0.3) is 11.8 Å². The van der Waals surface area contributed by atoms with Gasteiger partial charge in [-0.1, -0.05) is 41.5 Å². The minimum Gasteiger partial charge on any atom is -0.339 e. The number of carbonyl (C=O) groups excluding carboxylic acids is 2. The van der Waals surface area contributed by atoms with Crippen LogP contribution in [0.3, 0.4) is 0 Å². The van der Waals surface area contributed by atoms with E-state index < -0.39 is 19.7 Å². The molecule has 18 nitrogen and oxygen atoms in total.